The molecule has 1 aromatic heterocycles. The second kappa shape index (κ2) is 8.27. The van der Waals surface area contributed by atoms with E-state index in [-0.39, 0.29) is 15.5 Å². The van der Waals surface area contributed by atoms with Crippen LogP contribution >= 0.6 is 11.3 Å². The van der Waals surface area contributed by atoms with Crippen LogP contribution in [-0.4, -0.2) is 36.7 Å². The molecule has 3 aromatic rings. The molecule has 1 aliphatic rings. The molecule has 0 radical (unpaired) electrons. The fourth-order valence-electron chi connectivity index (χ4n) is 3.51. The van der Waals surface area contributed by atoms with Crippen LogP contribution in [0.15, 0.2) is 52.9 Å². The van der Waals surface area contributed by atoms with Gasteiger partial charge in [0.15, 0.2) is 6.10 Å². The van der Waals surface area contributed by atoms with Crippen molar-refractivity contribution in [2.75, 3.05) is 9.62 Å². The number of anilines is 2. The number of para-hydroxylation sites is 1. The molecule has 0 spiro atoms. The summed E-state index contributed by atoms with van der Waals surface area (Å²) in [6.45, 7) is 5.44. The number of aryl methyl sites for hydroxylation is 1. The first-order valence-corrected chi connectivity index (χ1v) is 12.0. The third-order valence-corrected chi connectivity index (χ3v) is 8.04. The maximum atomic E-state index is 13.3. The zero-order valence-electron chi connectivity index (χ0n) is 17.3. The second-order valence-corrected chi connectivity index (χ2v) is 10.4. The van der Waals surface area contributed by atoms with Crippen LogP contribution in [0.4, 0.5) is 10.8 Å². The molecule has 1 aliphatic heterocycles. The summed E-state index contributed by atoms with van der Waals surface area (Å²) in [6, 6.07) is 14.4. The number of ether oxygens (including phenoxy) is 1. The first-order chi connectivity index (χ1) is 14.8. The van der Waals surface area contributed by atoms with Gasteiger partial charge in [-0.05, 0) is 51.0 Å². The van der Waals surface area contributed by atoms with E-state index in [1.54, 1.807) is 31.2 Å². The van der Waals surface area contributed by atoms with Gasteiger partial charge in [-0.3, -0.25) is 14.4 Å². The number of aromatic nitrogens is 2. The van der Waals surface area contributed by atoms with Crippen molar-refractivity contribution >= 4 is 38.1 Å². The van der Waals surface area contributed by atoms with Crippen LogP contribution in [0, 0.1) is 6.92 Å². The lowest BCUT2D eigenvalue weighted by Gasteiger charge is -2.22. The Bertz CT molecular complexity index is 1210. The van der Waals surface area contributed by atoms with Crippen molar-refractivity contribution in [3.05, 3.63) is 59.7 Å². The number of hydrogen-bond donors (Lipinski definition) is 1. The first-order valence-electron chi connectivity index (χ1n) is 9.76. The van der Waals surface area contributed by atoms with Gasteiger partial charge in [0, 0.05) is 6.04 Å². The summed E-state index contributed by atoms with van der Waals surface area (Å²) in [5.74, 6) is 0.113. The molecule has 2 atom stereocenters. The van der Waals surface area contributed by atoms with Gasteiger partial charge in [-0.2, -0.15) is 8.42 Å². The number of carbonyl (C=O) groups excluding carboxylic acids is 1. The summed E-state index contributed by atoms with van der Waals surface area (Å²) >= 11 is 0.819. The molecule has 1 amide bonds. The molecule has 4 rings (SSSR count). The van der Waals surface area contributed by atoms with Crippen LogP contribution < -0.4 is 14.4 Å². The molecular formula is C21H22N4O4S2. The van der Waals surface area contributed by atoms with Gasteiger partial charge in [0.1, 0.15) is 5.75 Å². The van der Waals surface area contributed by atoms with Gasteiger partial charge in [0.05, 0.1) is 5.69 Å². The van der Waals surface area contributed by atoms with Crippen LogP contribution in [0.1, 0.15) is 25.0 Å². The van der Waals surface area contributed by atoms with E-state index in [2.05, 4.69) is 15.5 Å². The van der Waals surface area contributed by atoms with E-state index in [0.717, 1.165) is 22.5 Å². The molecule has 0 saturated carbocycles. The number of benzene rings is 2. The quantitative estimate of drug-likeness (QED) is 0.568. The highest BCUT2D eigenvalue weighted by Crippen LogP contribution is 2.38. The molecule has 162 valence electrons. The van der Waals surface area contributed by atoms with Crippen molar-refractivity contribution in [1.29, 1.82) is 0 Å². The predicted octanol–water partition coefficient (Wildman–Crippen LogP) is 3.39. The minimum atomic E-state index is -3.90. The number of hydrogen-bond acceptors (Lipinski definition) is 7. The van der Waals surface area contributed by atoms with Gasteiger partial charge >= 0.3 is 0 Å². The Morgan fingerprint density at radius 1 is 1.23 bits per heavy atom. The van der Waals surface area contributed by atoms with E-state index in [4.69, 9.17) is 4.74 Å². The van der Waals surface area contributed by atoms with Gasteiger partial charge in [0.2, 0.25) is 5.13 Å². The van der Waals surface area contributed by atoms with Crippen molar-refractivity contribution in [1.82, 2.24) is 10.2 Å². The fraction of sp³-hybridized carbons (Fsp3) is 0.286. The van der Waals surface area contributed by atoms with Gasteiger partial charge in [-0.15, -0.1) is 10.2 Å². The van der Waals surface area contributed by atoms with Gasteiger partial charge in [-0.25, -0.2) is 0 Å². The van der Waals surface area contributed by atoms with Crippen molar-refractivity contribution in [3.63, 3.8) is 0 Å². The topological polar surface area (TPSA) is 101 Å². The van der Waals surface area contributed by atoms with Crippen LogP contribution in [-0.2, 0) is 21.2 Å². The lowest BCUT2D eigenvalue weighted by molar-refractivity contribution is -0.122. The summed E-state index contributed by atoms with van der Waals surface area (Å²) < 4.78 is 33.3. The van der Waals surface area contributed by atoms with Gasteiger partial charge in [0.25, 0.3) is 20.3 Å². The standard InChI is InChI=1S/C21H22N4O4S2/c1-13-9-10-18-16(11-13)12-14(2)25(18)31(27,28)21-24-23-20(30-21)22-19(26)15(3)29-17-7-5-4-6-8-17/h4-11,14-15H,12H2,1-3H3,(H,22,23,26)/t14-,15-/m1/s1. The maximum absolute atomic E-state index is 13.3. The lowest BCUT2D eigenvalue weighted by atomic mass is 10.1. The molecule has 1 N–H and O–H groups in total. The number of nitrogens with zero attached hydrogens (tertiary/aromatic N) is 3. The van der Waals surface area contributed by atoms with E-state index in [9.17, 15) is 13.2 Å². The molecule has 0 fully saturated rings. The molecule has 8 nitrogen and oxygen atoms in total. The fourth-order valence-corrected chi connectivity index (χ4v) is 6.19. The van der Waals surface area contributed by atoms with Gasteiger partial charge < -0.3 is 4.74 Å². The molecule has 31 heavy (non-hydrogen) atoms. The molecule has 2 aromatic carbocycles. The van der Waals surface area contributed by atoms with E-state index >= 15 is 0 Å². The Hall–Kier alpha value is -2.98. The zero-order chi connectivity index (χ0) is 22.2. The molecule has 2 heterocycles. The van der Waals surface area contributed by atoms with E-state index in [0.29, 0.717) is 17.9 Å². The summed E-state index contributed by atoms with van der Waals surface area (Å²) in [7, 11) is -3.90. The molecule has 0 saturated heterocycles. The maximum Gasteiger partial charge on any atom is 0.293 e. The normalized spacial score (nSPS) is 16.6. The second-order valence-electron chi connectivity index (χ2n) is 7.42. The van der Waals surface area contributed by atoms with E-state index in [1.807, 2.05) is 38.1 Å². The van der Waals surface area contributed by atoms with Crippen LogP contribution in [0.3, 0.4) is 0 Å². The largest absolute Gasteiger partial charge is 0.481 e. The number of fused-ring (bicyclic) bond motifs is 1. The molecular weight excluding hydrogens is 436 g/mol. The number of sulfonamides is 1. The molecule has 0 unspecified atom stereocenters. The Kier molecular flexibility index (Phi) is 5.67. The third-order valence-electron chi connectivity index (χ3n) is 4.93. The van der Waals surface area contributed by atoms with Gasteiger partial charge in [-0.1, -0.05) is 47.2 Å². The molecule has 10 heteroatoms. The van der Waals surface area contributed by atoms with Crippen molar-refractivity contribution in [2.24, 2.45) is 0 Å². The number of nitrogens with one attached hydrogen (secondary N) is 1. The minimum absolute atomic E-state index is 0.100. The SMILES string of the molecule is Cc1ccc2c(c1)C[C@@H](C)N2S(=O)(=O)c1nnc(NC(=O)[C@@H](C)Oc2ccccc2)s1. The predicted molar refractivity (Wildman–Crippen MR) is 119 cm³/mol. The highest BCUT2D eigenvalue weighted by Gasteiger charge is 2.38. The lowest BCUT2D eigenvalue weighted by Crippen LogP contribution is -2.35. The van der Waals surface area contributed by atoms with Crippen LogP contribution in [0.2, 0.25) is 0 Å². The van der Waals surface area contributed by atoms with Crippen molar-refractivity contribution in [3.8, 4) is 5.75 Å². The average Bonchev–Trinajstić information content (AvgIpc) is 3.32. The van der Waals surface area contributed by atoms with E-state index < -0.39 is 22.0 Å². The highest BCUT2D eigenvalue weighted by atomic mass is 32.2. The summed E-state index contributed by atoms with van der Waals surface area (Å²) in [5.41, 5.74) is 2.72. The Labute approximate surface area is 184 Å². The van der Waals surface area contributed by atoms with Crippen LogP contribution in [0.25, 0.3) is 0 Å². The molecule has 0 bridgehead atoms. The first kappa shape index (κ1) is 21.3. The monoisotopic (exact) mass is 458 g/mol. The Morgan fingerprint density at radius 2 is 1.97 bits per heavy atom. The van der Waals surface area contributed by atoms with E-state index in [1.165, 1.54) is 4.31 Å². The Morgan fingerprint density at radius 3 is 2.71 bits per heavy atom. The summed E-state index contributed by atoms with van der Waals surface area (Å²) in [4.78, 5) is 12.4. The minimum Gasteiger partial charge on any atom is -0.481 e. The smallest absolute Gasteiger partial charge is 0.293 e. The molecule has 0 aliphatic carbocycles. The average molecular weight is 459 g/mol. The zero-order valence-corrected chi connectivity index (χ0v) is 18.9. The number of carbonyl (C=O) groups is 1. The Balaban J connectivity index is 1.50. The number of amides is 1. The van der Waals surface area contributed by atoms with Crippen molar-refractivity contribution in [2.45, 2.75) is 43.7 Å². The third kappa shape index (κ3) is 4.26. The summed E-state index contributed by atoms with van der Waals surface area (Å²) in [6.07, 6.45) is -0.160. The van der Waals surface area contributed by atoms with Crippen LogP contribution in [0.5, 0.6) is 5.75 Å². The number of rotatable bonds is 6. The van der Waals surface area contributed by atoms with Crippen molar-refractivity contribution < 1.29 is 17.9 Å². The summed E-state index contributed by atoms with van der Waals surface area (Å²) in [5, 5.41) is 10.4. The highest BCUT2D eigenvalue weighted by molar-refractivity contribution is 7.94.